The smallest absolute Gasteiger partial charge is 0.227 e. The van der Waals surface area contributed by atoms with Crippen LogP contribution in [0.1, 0.15) is 16.1 Å². The van der Waals surface area contributed by atoms with Crippen LogP contribution in [0.5, 0.6) is 0 Å². The van der Waals surface area contributed by atoms with Crippen molar-refractivity contribution in [3.05, 3.63) is 94.2 Å². The SMILES string of the molecule is O=C(C[n+]1ccccc1CCNc1cccc(Cl)c1)c1ccc(Cl)cc1. The van der Waals surface area contributed by atoms with E-state index in [4.69, 9.17) is 23.2 Å². The Morgan fingerprint density at radius 3 is 2.50 bits per heavy atom. The van der Waals surface area contributed by atoms with Crippen molar-refractivity contribution >= 4 is 34.7 Å². The highest BCUT2D eigenvalue weighted by molar-refractivity contribution is 6.31. The molecule has 0 fully saturated rings. The number of hydrogen-bond acceptors (Lipinski definition) is 2. The highest BCUT2D eigenvalue weighted by atomic mass is 35.5. The number of rotatable bonds is 7. The summed E-state index contributed by atoms with van der Waals surface area (Å²) < 4.78 is 1.98. The Balaban J connectivity index is 1.64. The van der Waals surface area contributed by atoms with Crippen LogP contribution in [-0.4, -0.2) is 12.3 Å². The van der Waals surface area contributed by atoms with E-state index in [1.807, 2.05) is 53.2 Å². The highest BCUT2D eigenvalue weighted by Crippen LogP contribution is 2.14. The van der Waals surface area contributed by atoms with Crippen LogP contribution in [0, 0.1) is 0 Å². The van der Waals surface area contributed by atoms with Crippen LogP contribution < -0.4 is 9.88 Å². The van der Waals surface area contributed by atoms with Crippen molar-refractivity contribution in [2.45, 2.75) is 13.0 Å². The fourth-order valence-corrected chi connectivity index (χ4v) is 3.02. The van der Waals surface area contributed by atoms with E-state index < -0.39 is 0 Å². The summed E-state index contributed by atoms with van der Waals surface area (Å²) in [7, 11) is 0. The zero-order valence-electron chi connectivity index (χ0n) is 14.2. The molecular weight excluding hydrogens is 367 g/mol. The van der Waals surface area contributed by atoms with E-state index in [0.717, 1.165) is 24.3 Å². The van der Waals surface area contributed by atoms with Crippen molar-refractivity contribution in [2.75, 3.05) is 11.9 Å². The molecule has 0 unspecified atom stereocenters. The molecule has 1 aromatic heterocycles. The van der Waals surface area contributed by atoms with Crippen LogP contribution in [0.4, 0.5) is 5.69 Å². The molecule has 0 radical (unpaired) electrons. The largest absolute Gasteiger partial charge is 0.384 e. The number of hydrogen-bond donors (Lipinski definition) is 1. The monoisotopic (exact) mass is 385 g/mol. The molecule has 3 rings (SSSR count). The van der Waals surface area contributed by atoms with Crippen molar-refractivity contribution in [3.8, 4) is 0 Å². The molecule has 0 saturated heterocycles. The number of anilines is 1. The van der Waals surface area contributed by atoms with Crippen molar-refractivity contribution in [3.63, 3.8) is 0 Å². The Morgan fingerprint density at radius 1 is 0.923 bits per heavy atom. The first-order valence-electron chi connectivity index (χ1n) is 8.37. The summed E-state index contributed by atoms with van der Waals surface area (Å²) in [5, 5.41) is 4.69. The summed E-state index contributed by atoms with van der Waals surface area (Å²) in [6, 6.07) is 20.6. The number of nitrogens with one attached hydrogen (secondary N) is 1. The van der Waals surface area contributed by atoms with Gasteiger partial charge in [0.15, 0.2) is 11.9 Å². The number of pyridine rings is 1. The maximum absolute atomic E-state index is 12.5. The highest BCUT2D eigenvalue weighted by Gasteiger charge is 2.16. The lowest BCUT2D eigenvalue weighted by molar-refractivity contribution is -0.690. The van der Waals surface area contributed by atoms with E-state index in [9.17, 15) is 4.79 Å². The lowest BCUT2D eigenvalue weighted by Crippen LogP contribution is -2.42. The van der Waals surface area contributed by atoms with Crippen LogP contribution >= 0.6 is 23.2 Å². The van der Waals surface area contributed by atoms with E-state index in [-0.39, 0.29) is 5.78 Å². The van der Waals surface area contributed by atoms with Crippen LogP contribution in [0.3, 0.4) is 0 Å². The minimum Gasteiger partial charge on any atom is -0.384 e. The number of halogens is 2. The molecule has 3 aromatic rings. The van der Waals surface area contributed by atoms with Crippen molar-refractivity contribution in [2.24, 2.45) is 0 Å². The van der Waals surface area contributed by atoms with Crippen LogP contribution in [0.15, 0.2) is 72.9 Å². The van der Waals surface area contributed by atoms with E-state index >= 15 is 0 Å². The standard InChI is InChI=1S/C21H19Cl2N2O/c22-17-9-7-16(8-10-17)21(26)15-25-13-2-1-6-20(25)11-12-24-19-5-3-4-18(23)14-19/h1-10,13-14,24H,11-12,15H2/q+1. The van der Waals surface area contributed by atoms with Gasteiger partial charge in [0, 0.05) is 46.4 Å². The average molecular weight is 386 g/mol. The molecule has 2 aromatic carbocycles. The average Bonchev–Trinajstić information content (AvgIpc) is 2.64. The number of carbonyl (C=O) groups excluding carboxylic acids is 1. The van der Waals surface area contributed by atoms with Gasteiger partial charge in [0.2, 0.25) is 12.3 Å². The summed E-state index contributed by atoms with van der Waals surface area (Å²) in [4.78, 5) is 12.5. The molecule has 0 amide bonds. The van der Waals surface area contributed by atoms with Gasteiger partial charge in [-0.2, -0.15) is 4.57 Å². The van der Waals surface area contributed by atoms with E-state index in [1.165, 1.54) is 0 Å². The molecule has 0 atom stereocenters. The zero-order valence-corrected chi connectivity index (χ0v) is 15.7. The number of benzene rings is 2. The van der Waals surface area contributed by atoms with Crippen molar-refractivity contribution < 1.29 is 9.36 Å². The van der Waals surface area contributed by atoms with Gasteiger partial charge in [-0.3, -0.25) is 4.79 Å². The van der Waals surface area contributed by atoms with E-state index in [2.05, 4.69) is 5.32 Å². The fourth-order valence-electron chi connectivity index (χ4n) is 2.71. The molecule has 0 aliphatic heterocycles. The lowest BCUT2D eigenvalue weighted by Gasteiger charge is -2.07. The topological polar surface area (TPSA) is 33.0 Å². The molecule has 0 saturated carbocycles. The second kappa shape index (κ2) is 8.84. The van der Waals surface area contributed by atoms with Crippen molar-refractivity contribution in [1.82, 2.24) is 0 Å². The van der Waals surface area contributed by atoms with Crippen LogP contribution in [0.2, 0.25) is 10.0 Å². The van der Waals surface area contributed by atoms with Gasteiger partial charge in [0.05, 0.1) is 0 Å². The minimum atomic E-state index is 0.0573. The Morgan fingerprint density at radius 2 is 1.73 bits per heavy atom. The quantitative estimate of drug-likeness (QED) is 0.467. The summed E-state index contributed by atoms with van der Waals surface area (Å²) in [6.07, 6.45) is 2.73. The minimum absolute atomic E-state index is 0.0573. The van der Waals surface area contributed by atoms with Gasteiger partial charge < -0.3 is 5.32 Å². The second-order valence-corrected chi connectivity index (χ2v) is 6.81. The molecule has 132 valence electrons. The molecule has 26 heavy (non-hydrogen) atoms. The van der Waals surface area contributed by atoms with Gasteiger partial charge in [-0.15, -0.1) is 0 Å². The third-order valence-corrected chi connectivity index (χ3v) is 4.54. The molecular formula is C21H19Cl2N2O+. The first kappa shape index (κ1) is 18.4. The number of nitrogens with zero attached hydrogens (tertiary/aromatic N) is 1. The van der Waals surface area contributed by atoms with Gasteiger partial charge >= 0.3 is 0 Å². The number of Topliss-reactive ketones (excluding diaryl/α,β-unsaturated/α-hetero) is 1. The lowest BCUT2D eigenvalue weighted by atomic mass is 10.1. The van der Waals surface area contributed by atoms with Crippen LogP contribution in [0.25, 0.3) is 0 Å². The Hall–Kier alpha value is -2.36. The summed E-state index contributed by atoms with van der Waals surface area (Å²) >= 11 is 11.9. The van der Waals surface area contributed by atoms with E-state index in [1.54, 1.807) is 24.3 Å². The molecule has 3 nitrogen and oxygen atoms in total. The molecule has 1 N–H and O–H groups in total. The number of carbonyl (C=O) groups is 1. The molecule has 0 bridgehead atoms. The maximum Gasteiger partial charge on any atom is 0.227 e. The van der Waals surface area contributed by atoms with Crippen molar-refractivity contribution in [1.29, 1.82) is 0 Å². The molecule has 1 heterocycles. The molecule has 0 aliphatic carbocycles. The first-order chi connectivity index (χ1) is 12.6. The predicted molar refractivity (Wildman–Crippen MR) is 106 cm³/mol. The van der Waals surface area contributed by atoms with Gasteiger partial charge in [-0.05, 0) is 42.5 Å². The van der Waals surface area contributed by atoms with Gasteiger partial charge in [0.25, 0.3) is 0 Å². The Labute approximate surface area is 163 Å². The third-order valence-electron chi connectivity index (χ3n) is 4.05. The number of ketones is 1. The molecule has 0 spiro atoms. The molecule has 5 heteroatoms. The molecule has 0 aliphatic rings. The summed E-state index contributed by atoms with van der Waals surface area (Å²) in [5.74, 6) is 0.0573. The fraction of sp³-hybridized carbons (Fsp3) is 0.143. The van der Waals surface area contributed by atoms with Crippen LogP contribution in [-0.2, 0) is 13.0 Å². The Kier molecular flexibility index (Phi) is 6.26. The van der Waals surface area contributed by atoms with Gasteiger partial charge in [0.1, 0.15) is 0 Å². The van der Waals surface area contributed by atoms with E-state index in [0.29, 0.717) is 22.2 Å². The zero-order chi connectivity index (χ0) is 18.4. The summed E-state index contributed by atoms with van der Waals surface area (Å²) in [5.41, 5.74) is 2.73. The van der Waals surface area contributed by atoms with Gasteiger partial charge in [-0.25, -0.2) is 0 Å². The Bertz CT molecular complexity index is 895. The predicted octanol–water partition coefficient (Wildman–Crippen LogP) is 4.82. The first-order valence-corrected chi connectivity index (χ1v) is 9.13. The maximum atomic E-state index is 12.5. The normalized spacial score (nSPS) is 10.5. The third kappa shape index (κ3) is 5.07. The van der Waals surface area contributed by atoms with Gasteiger partial charge in [-0.1, -0.05) is 35.3 Å². The number of aromatic nitrogens is 1. The summed E-state index contributed by atoms with van der Waals surface area (Å²) in [6.45, 7) is 1.05. The second-order valence-electron chi connectivity index (χ2n) is 5.94.